The van der Waals surface area contributed by atoms with Crippen molar-refractivity contribution < 1.29 is 14.0 Å². The number of halogens is 1. The standard InChI is InChI=1S/C24H29FN4O2/c1-4-17-11-15(2)22(26-14-17)28-7-9-29(10-8-28)24(31)19-6-5-18(12-20(19)25)21-16(3)13-27-23(21)30/h5-6,11-12,14,16,21H,4,7-10,13H2,1-3H3,(H,27,30)/t16?,21-/m1/s1. The molecule has 2 saturated heterocycles. The van der Waals surface area contributed by atoms with Crippen molar-refractivity contribution in [2.75, 3.05) is 37.6 Å². The van der Waals surface area contributed by atoms with Gasteiger partial charge < -0.3 is 15.1 Å². The fourth-order valence-corrected chi connectivity index (χ4v) is 4.57. The number of anilines is 1. The van der Waals surface area contributed by atoms with E-state index >= 15 is 0 Å². The molecule has 164 valence electrons. The highest BCUT2D eigenvalue weighted by molar-refractivity contribution is 5.95. The van der Waals surface area contributed by atoms with Gasteiger partial charge in [0.15, 0.2) is 0 Å². The molecule has 2 atom stereocenters. The molecule has 7 heteroatoms. The lowest BCUT2D eigenvalue weighted by Gasteiger charge is -2.36. The summed E-state index contributed by atoms with van der Waals surface area (Å²) < 4.78 is 14.8. The third kappa shape index (κ3) is 4.13. The zero-order valence-corrected chi connectivity index (χ0v) is 18.3. The number of nitrogens with zero attached hydrogens (tertiary/aromatic N) is 3. The van der Waals surface area contributed by atoms with Crippen LogP contribution in [0.5, 0.6) is 0 Å². The zero-order valence-electron chi connectivity index (χ0n) is 18.3. The largest absolute Gasteiger partial charge is 0.355 e. The van der Waals surface area contributed by atoms with E-state index in [0.717, 1.165) is 17.8 Å². The van der Waals surface area contributed by atoms with Gasteiger partial charge in [0.05, 0.1) is 11.5 Å². The second kappa shape index (κ2) is 8.65. The Morgan fingerprint density at radius 2 is 1.97 bits per heavy atom. The summed E-state index contributed by atoms with van der Waals surface area (Å²) in [5.74, 6) is -0.271. The summed E-state index contributed by atoms with van der Waals surface area (Å²) in [7, 11) is 0. The molecule has 2 fully saturated rings. The Bertz CT molecular complexity index is 1000. The molecule has 0 bridgehead atoms. The summed E-state index contributed by atoms with van der Waals surface area (Å²) in [6.45, 7) is 9.06. The zero-order chi connectivity index (χ0) is 22.1. The summed E-state index contributed by atoms with van der Waals surface area (Å²) >= 11 is 0. The van der Waals surface area contributed by atoms with Crippen molar-refractivity contribution in [1.29, 1.82) is 0 Å². The number of piperazine rings is 1. The molecule has 2 aliphatic heterocycles. The van der Waals surface area contributed by atoms with Gasteiger partial charge in [0.25, 0.3) is 5.91 Å². The minimum absolute atomic E-state index is 0.0601. The number of amides is 2. The highest BCUT2D eigenvalue weighted by Crippen LogP contribution is 2.30. The van der Waals surface area contributed by atoms with E-state index < -0.39 is 5.82 Å². The summed E-state index contributed by atoms with van der Waals surface area (Å²) in [5, 5.41) is 2.81. The predicted molar refractivity (Wildman–Crippen MR) is 118 cm³/mol. The van der Waals surface area contributed by atoms with Gasteiger partial charge in [-0.3, -0.25) is 9.59 Å². The quantitative estimate of drug-likeness (QED) is 0.820. The van der Waals surface area contributed by atoms with Gasteiger partial charge >= 0.3 is 0 Å². The van der Waals surface area contributed by atoms with Crippen LogP contribution in [-0.4, -0.2) is 54.4 Å². The van der Waals surface area contributed by atoms with Crippen molar-refractivity contribution in [3.63, 3.8) is 0 Å². The molecule has 1 aromatic heterocycles. The molecule has 2 aliphatic rings. The molecule has 2 aromatic rings. The molecule has 1 aromatic carbocycles. The Morgan fingerprint density at radius 1 is 1.23 bits per heavy atom. The van der Waals surface area contributed by atoms with Crippen LogP contribution in [0, 0.1) is 18.7 Å². The van der Waals surface area contributed by atoms with E-state index in [4.69, 9.17) is 0 Å². The average molecular weight is 425 g/mol. The number of carbonyl (C=O) groups is 2. The summed E-state index contributed by atoms with van der Waals surface area (Å²) in [5.41, 5.74) is 3.02. The van der Waals surface area contributed by atoms with Gasteiger partial charge in [0.1, 0.15) is 11.6 Å². The van der Waals surface area contributed by atoms with Crippen LogP contribution in [0.15, 0.2) is 30.5 Å². The Morgan fingerprint density at radius 3 is 2.55 bits per heavy atom. The molecule has 6 nitrogen and oxygen atoms in total. The van der Waals surface area contributed by atoms with Crippen LogP contribution < -0.4 is 10.2 Å². The van der Waals surface area contributed by atoms with E-state index in [9.17, 15) is 14.0 Å². The first-order valence-electron chi connectivity index (χ1n) is 11.0. The average Bonchev–Trinajstić information content (AvgIpc) is 3.11. The number of benzene rings is 1. The maximum absolute atomic E-state index is 14.8. The lowest BCUT2D eigenvalue weighted by atomic mass is 9.89. The second-order valence-electron chi connectivity index (χ2n) is 8.56. The van der Waals surface area contributed by atoms with Crippen LogP contribution in [0.1, 0.15) is 46.8 Å². The molecule has 1 unspecified atom stereocenters. The van der Waals surface area contributed by atoms with Gasteiger partial charge in [-0.1, -0.05) is 26.0 Å². The third-order valence-corrected chi connectivity index (χ3v) is 6.41. The SMILES string of the molecule is CCc1cnc(N2CCN(C(=O)c3ccc([C@@H]4C(=O)NCC4C)cc3F)CC2)c(C)c1. The monoisotopic (exact) mass is 424 g/mol. The maximum atomic E-state index is 14.8. The van der Waals surface area contributed by atoms with E-state index in [1.165, 1.54) is 17.7 Å². The molecular formula is C24H29FN4O2. The Labute approximate surface area is 182 Å². The van der Waals surface area contributed by atoms with Crippen LogP contribution >= 0.6 is 0 Å². The fourth-order valence-electron chi connectivity index (χ4n) is 4.57. The number of pyridine rings is 1. The van der Waals surface area contributed by atoms with Crippen LogP contribution in [0.3, 0.4) is 0 Å². The van der Waals surface area contributed by atoms with E-state index in [-0.39, 0.29) is 29.2 Å². The Balaban J connectivity index is 1.43. The van der Waals surface area contributed by atoms with Gasteiger partial charge in [0, 0.05) is 38.9 Å². The third-order valence-electron chi connectivity index (χ3n) is 6.41. The van der Waals surface area contributed by atoms with Crippen molar-refractivity contribution in [3.8, 4) is 0 Å². The first-order valence-corrected chi connectivity index (χ1v) is 11.0. The van der Waals surface area contributed by atoms with E-state index in [1.54, 1.807) is 11.0 Å². The van der Waals surface area contributed by atoms with E-state index in [1.807, 2.05) is 13.1 Å². The van der Waals surface area contributed by atoms with Crippen molar-refractivity contribution in [3.05, 3.63) is 58.5 Å². The van der Waals surface area contributed by atoms with Crippen molar-refractivity contribution in [1.82, 2.24) is 15.2 Å². The molecule has 0 spiro atoms. The molecule has 0 radical (unpaired) electrons. The Kier molecular flexibility index (Phi) is 5.94. The second-order valence-corrected chi connectivity index (χ2v) is 8.56. The lowest BCUT2D eigenvalue weighted by molar-refractivity contribution is -0.120. The lowest BCUT2D eigenvalue weighted by Crippen LogP contribution is -2.49. The van der Waals surface area contributed by atoms with Crippen LogP contribution in [0.2, 0.25) is 0 Å². The van der Waals surface area contributed by atoms with Crippen LogP contribution in [-0.2, 0) is 11.2 Å². The molecule has 0 aliphatic carbocycles. The summed E-state index contributed by atoms with van der Waals surface area (Å²) in [6, 6.07) is 6.73. The number of nitrogens with one attached hydrogen (secondary N) is 1. The number of hydrogen-bond donors (Lipinski definition) is 1. The highest BCUT2D eigenvalue weighted by atomic mass is 19.1. The van der Waals surface area contributed by atoms with Crippen molar-refractivity contribution in [2.45, 2.75) is 33.1 Å². The van der Waals surface area contributed by atoms with Gasteiger partial charge in [-0.2, -0.15) is 0 Å². The molecule has 4 rings (SSSR count). The van der Waals surface area contributed by atoms with Crippen LogP contribution in [0.25, 0.3) is 0 Å². The van der Waals surface area contributed by atoms with Crippen LogP contribution in [0.4, 0.5) is 10.2 Å². The molecule has 3 heterocycles. The minimum Gasteiger partial charge on any atom is -0.355 e. The number of hydrogen-bond acceptors (Lipinski definition) is 4. The number of rotatable bonds is 4. The van der Waals surface area contributed by atoms with Gasteiger partial charge in [0.2, 0.25) is 5.91 Å². The van der Waals surface area contributed by atoms with Crippen molar-refractivity contribution >= 4 is 17.6 Å². The summed E-state index contributed by atoms with van der Waals surface area (Å²) in [4.78, 5) is 33.5. The van der Waals surface area contributed by atoms with E-state index in [2.05, 4.69) is 35.1 Å². The summed E-state index contributed by atoms with van der Waals surface area (Å²) in [6.07, 6.45) is 2.85. The van der Waals surface area contributed by atoms with Crippen molar-refractivity contribution in [2.24, 2.45) is 5.92 Å². The first kappa shape index (κ1) is 21.3. The van der Waals surface area contributed by atoms with Gasteiger partial charge in [-0.05, 0) is 48.1 Å². The minimum atomic E-state index is -0.565. The fraction of sp³-hybridized carbons (Fsp3) is 0.458. The predicted octanol–water partition coefficient (Wildman–Crippen LogP) is 2.90. The molecule has 0 saturated carbocycles. The molecule has 31 heavy (non-hydrogen) atoms. The Hall–Kier alpha value is -2.96. The molecule has 2 amide bonds. The maximum Gasteiger partial charge on any atom is 0.256 e. The highest BCUT2D eigenvalue weighted by Gasteiger charge is 2.34. The normalized spacial score (nSPS) is 21.4. The first-order chi connectivity index (χ1) is 14.9. The molecular weight excluding hydrogens is 395 g/mol. The number of aromatic nitrogens is 1. The number of aryl methyl sites for hydroxylation is 2. The van der Waals surface area contributed by atoms with Gasteiger partial charge in [-0.15, -0.1) is 0 Å². The molecule has 1 N–H and O–H groups in total. The van der Waals surface area contributed by atoms with Gasteiger partial charge in [-0.25, -0.2) is 9.37 Å². The topological polar surface area (TPSA) is 65.5 Å². The van der Waals surface area contributed by atoms with E-state index in [0.29, 0.717) is 38.3 Å². The number of carbonyl (C=O) groups excluding carboxylic acids is 2. The smallest absolute Gasteiger partial charge is 0.256 e.